The summed E-state index contributed by atoms with van der Waals surface area (Å²) in [4.78, 5) is 0. The molecular weight excluding hydrogens is 318 g/mol. The first kappa shape index (κ1) is 14.8. The number of aliphatic hydroxyl groups excluding tert-OH is 1. The van der Waals surface area contributed by atoms with Crippen molar-refractivity contribution in [1.82, 2.24) is 0 Å². The van der Waals surface area contributed by atoms with E-state index in [1.807, 2.05) is 24.3 Å². The van der Waals surface area contributed by atoms with Crippen LogP contribution in [0.4, 0.5) is 0 Å². The molecule has 0 amide bonds. The molecule has 3 nitrogen and oxygen atoms in total. The number of aliphatic hydroxyl groups is 1. The Balaban J connectivity index is 0.00000147. The highest BCUT2D eigenvalue weighted by atomic mass is 79.9. The topological polar surface area (TPSA) is 33.3 Å². The third-order valence-corrected chi connectivity index (χ3v) is 3.40. The summed E-state index contributed by atoms with van der Waals surface area (Å²) >= 11 is 0. The van der Waals surface area contributed by atoms with E-state index in [1.165, 1.54) is 10.8 Å². The number of nitrogens with zero attached hydrogens (tertiary/aromatic N) is 1. The van der Waals surface area contributed by atoms with Gasteiger partial charge in [0.25, 0.3) is 0 Å². The Bertz CT molecular complexity index is 743. The van der Waals surface area contributed by atoms with Gasteiger partial charge in [0.1, 0.15) is 12.4 Å². The summed E-state index contributed by atoms with van der Waals surface area (Å²) in [6.45, 7) is 0.720. The molecule has 1 heterocycles. The van der Waals surface area contributed by atoms with Crippen molar-refractivity contribution in [2.45, 2.75) is 6.54 Å². The number of methoxy groups -OCH3 is 1. The Morgan fingerprint density at radius 2 is 1.90 bits per heavy atom. The van der Waals surface area contributed by atoms with Crippen molar-refractivity contribution in [1.29, 1.82) is 0 Å². The summed E-state index contributed by atoms with van der Waals surface area (Å²) < 4.78 is 7.36. The van der Waals surface area contributed by atoms with Crippen LogP contribution < -0.4 is 26.3 Å². The number of halogens is 1. The molecule has 0 saturated heterocycles. The first-order valence-electron chi connectivity index (χ1n) is 6.33. The van der Waals surface area contributed by atoms with Gasteiger partial charge >= 0.3 is 0 Å². The van der Waals surface area contributed by atoms with Crippen LogP contribution >= 0.6 is 0 Å². The number of para-hydroxylation sites is 1. The van der Waals surface area contributed by atoms with Gasteiger partial charge in [-0.05, 0) is 24.3 Å². The molecule has 0 saturated carbocycles. The van der Waals surface area contributed by atoms with Crippen molar-refractivity contribution in [2.75, 3.05) is 13.7 Å². The summed E-state index contributed by atoms with van der Waals surface area (Å²) in [6, 6.07) is 14.3. The first-order chi connectivity index (χ1) is 9.33. The molecule has 20 heavy (non-hydrogen) atoms. The monoisotopic (exact) mass is 333 g/mol. The molecule has 104 valence electrons. The van der Waals surface area contributed by atoms with Crippen LogP contribution in [0.2, 0.25) is 0 Å². The van der Waals surface area contributed by atoms with E-state index in [0.29, 0.717) is 6.54 Å². The minimum absolute atomic E-state index is 0. The lowest BCUT2D eigenvalue weighted by Crippen LogP contribution is -3.00. The maximum atomic E-state index is 9.21. The Labute approximate surface area is 128 Å². The average molecular weight is 334 g/mol. The van der Waals surface area contributed by atoms with E-state index in [2.05, 4.69) is 29.0 Å². The second-order valence-corrected chi connectivity index (χ2v) is 4.52. The molecule has 0 aliphatic carbocycles. The fourth-order valence-electron chi connectivity index (χ4n) is 2.50. The number of pyridine rings is 1. The zero-order valence-electron chi connectivity index (χ0n) is 11.2. The Kier molecular flexibility index (Phi) is 4.57. The lowest BCUT2D eigenvalue weighted by atomic mass is 10.1. The largest absolute Gasteiger partial charge is 1.00 e. The van der Waals surface area contributed by atoms with E-state index in [4.69, 9.17) is 4.74 Å². The van der Waals surface area contributed by atoms with Gasteiger partial charge in [0.05, 0.1) is 17.9 Å². The molecule has 0 unspecified atom stereocenters. The van der Waals surface area contributed by atoms with E-state index < -0.39 is 0 Å². The average Bonchev–Trinajstić information content (AvgIpc) is 2.47. The lowest BCUT2D eigenvalue weighted by molar-refractivity contribution is -0.671. The predicted molar refractivity (Wildman–Crippen MR) is 75.3 cm³/mol. The van der Waals surface area contributed by atoms with E-state index in [9.17, 15) is 5.11 Å². The number of hydrogen-bond acceptors (Lipinski definition) is 2. The maximum Gasteiger partial charge on any atom is 0.213 e. The number of benzene rings is 2. The molecule has 0 aliphatic heterocycles. The first-order valence-corrected chi connectivity index (χ1v) is 6.33. The molecule has 0 aliphatic rings. The molecule has 2 aromatic carbocycles. The fraction of sp³-hybridized carbons (Fsp3) is 0.188. The minimum Gasteiger partial charge on any atom is -1.00 e. The standard InChI is InChI=1S/C16H16NO2.BrH/c1-19-13-6-7-14-12(10-13)11-17(8-9-18)16-5-3-2-4-15(14)16;/h2-7,10-11,18H,8-9H2,1H3;1H/q+1;/p-1. The van der Waals surface area contributed by atoms with Crippen LogP contribution in [-0.2, 0) is 6.54 Å². The van der Waals surface area contributed by atoms with Gasteiger partial charge in [-0.25, -0.2) is 0 Å². The minimum atomic E-state index is 0. The Morgan fingerprint density at radius 1 is 1.10 bits per heavy atom. The van der Waals surface area contributed by atoms with Crippen molar-refractivity contribution in [3.8, 4) is 5.75 Å². The van der Waals surface area contributed by atoms with Crippen LogP contribution in [0.3, 0.4) is 0 Å². The smallest absolute Gasteiger partial charge is 0.213 e. The van der Waals surface area contributed by atoms with E-state index in [0.717, 1.165) is 16.7 Å². The summed E-state index contributed by atoms with van der Waals surface area (Å²) in [6.07, 6.45) is 2.07. The Hall–Kier alpha value is -1.65. The zero-order valence-corrected chi connectivity index (χ0v) is 12.8. The third kappa shape index (κ3) is 2.49. The van der Waals surface area contributed by atoms with Crippen LogP contribution in [0.15, 0.2) is 48.7 Å². The maximum absolute atomic E-state index is 9.21. The van der Waals surface area contributed by atoms with Gasteiger partial charge in [-0.3, -0.25) is 0 Å². The second kappa shape index (κ2) is 6.20. The number of fused-ring (bicyclic) bond motifs is 3. The van der Waals surface area contributed by atoms with Crippen molar-refractivity contribution in [2.24, 2.45) is 0 Å². The number of hydrogen-bond donors (Lipinski definition) is 1. The van der Waals surface area contributed by atoms with Gasteiger partial charge in [-0.1, -0.05) is 12.1 Å². The highest BCUT2D eigenvalue weighted by molar-refractivity contribution is 6.04. The van der Waals surface area contributed by atoms with Crippen LogP contribution in [-0.4, -0.2) is 18.8 Å². The normalized spacial score (nSPS) is 10.5. The summed E-state index contributed by atoms with van der Waals surface area (Å²) in [5.74, 6) is 0.846. The third-order valence-electron chi connectivity index (χ3n) is 3.40. The quantitative estimate of drug-likeness (QED) is 0.507. The fourth-order valence-corrected chi connectivity index (χ4v) is 2.50. The van der Waals surface area contributed by atoms with Gasteiger partial charge < -0.3 is 26.8 Å². The molecule has 0 fully saturated rings. The van der Waals surface area contributed by atoms with Gasteiger partial charge in [0.15, 0.2) is 12.7 Å². The molecule has 4 heteroatoms. The van der Waals surface area contributed by atoms with E-state index >= 15 is 0 Å². The van der Waals surface area contributed by atoms with Crippen LogP contribution in [0, 0.1) is 0 Å². The molecular formula is C16H16BrNO2. The molecule has 0 bridgehead atoms. The van der Waals surface area contributed by atoms with Crippen molar-refractivity contribution in [3.05, 3.63) is 48.7 Å². The molecule has 0 radical (unpaired) electrons. The lowest BCUT2D eigenvalue weighted by Gasteiger charge is -2.06. The van der Waals surface area contributed by atoms with Crippen LogP contribution in [0.5, 0.6) is 5.75 Å². The highest BCUT2D eigenvalue weighted by Gasteiger charge is 2.12. The summed E-state index contributed by atoms with van der Waals surface area (Å²) in [5, 5.41) is 12.7. The molecule has 1 aromatic heterocycles. The van der Waals surface area contributed by atoms with Crippen LogP contribution in [0.1, 0.15) is 0 Å². The van der Waals surface area contributed by atoms with Crippen molar-refractivity contribution >= 4 is 21.7 Å². The molecule has 0 atom stereocenters. The predicted octanol–water partition coefficient (Wildman–Crippen LogP) is -0.715. The number of aromatic nitrogens is 1. The van der Waals surface area contributed by atoms with Crippen molar-refractivity contribution < 1.29 is 31.4 Å². The summed E-state index contributed by atoms with van der Waals surface area (Å²) in [5.41, 5.74) is 1.13. The van der Waals surface area contributed by atoms with Gasteiger partial charge in [-0.2, -0.15) is 4.57 Å². The van der Waals surface area contributed by atoms with Gasteiger partial charge in [-0.15, -0.1) is 0 Å². The van der Waals surface area contributed by atoms with E-state index in [-0.39, 0.29) is 23.6 Å². The molecule has 1 N–H and O–H groups in total. The molecule has 3 rings (SSSR count). The number of ether oxygens (including phenoxy) is 1. The number of rotatable bonds is 3. The molecule has 3 aromatic rings. The SMILES string of the molecule is COc1ccc2c(c1)c[n+](CCO)c1ccccc21.[Br-]. The van der Waals surface area contributed by atoms with Crippen molar-refractivity contribution in [3.63, 3.8) is 0 Å². The van der Waals surface area contributed by atoms with Gasteiger partial charge in [0, 0.05) is 11.5 Å². The zero-order chi connectivity index (χ0) is 13.2. The Morgan fingerprint density at radius 3 is 2.65 bits per heavy atom. The highest BCUT2D eigenvalue weighted by Crippen LogP contribution is 2.25. The second-order valence-electron chi connectivity index (χ2n) is 4.52. The molecule has 0 spiro atoms. The van der Waals surface area contributed by atoms with Gasteiger partial charge in [0.2, 0.25) is 5.52 Å². The van der Waals surface area contributed by atoms with Crippen LogP contribution in [0.25, 0.3) is 21.7 Å². The van der Waals surface area contributed by atoms with E-state index in [1.54, 1.807) is 7.11 Å². The summed E-state index contributed by atoms with van der Waals surface area (Å²) in [7, 11) is 1.67.